The number of aromatic nitrogens is 1. The van der Waals surface area contributed by atoms with Crippen molar-refractivity contribution in [1.29, 1.82) is 0 Å². The lowest BCUT2D eigenvalue weighted by Crippen LogP contribution is -2.32. The molecule has 1 aromatic rings. The van der Waals surface area contributed by atoms with Crippen molar-refractivity contribution in [3.63, 3.8) is 0 Å². The quantitative estimate of drug-likeness (QED) is 0.712. The molecule has 0 aliphatic carbocycles. The number of hydrogen-bond acceptors (Lipinski definition) is 2. The highest BCUT2D eigenvalue weighted by molar-refractivity contribution is 5.03. The van der Waals surface area contributed by atoms with Gasteiger partial charge in [-0.1, -0.05) is 13.0 Å². The maximum atomic E-state index is 4.32. The van der Waals surface area contributed by atoms with Crippen LogP contribution in [-0.4, -0.2) is 29.0 Å². The monoisotopic (exact) mass is 192 g/mol. The molecule has 0 amide bonds. The number of likely N-dealkylation sites (N-methyl/N-ethyl adjacent to an activating group) is 1. The molecule has 0 spiro atoms. The molecule has 78 valence electrons. The maximum Gasteiger partial charge on any atom is 0.0416 e. The van der Waals surface area contributed by atoms with E-state index < -0.39 is 0 Å². The van der Waals surface area contributed by atoms with Gasteiger partial charge in [-0.15, -0.1) is 0 Å². The maximum absolute atomic E-state index is 4.32. The van der Waals surface area contributed by atoms with Gasteiger partial charge in [0.15, 0.2) is 0 Å². The number of hydrogen-bond donors (Lipinski definition) is 0. The Morgan fingerprint density at radius 2 is 2.14 bits per heavy atom. The van der Waals surface area contributed by atoms with Crippen LogP contribution in [0.15, 0.2) is 24.4 Å². The molecule has 0 aromatic carbocycles. The van der Waals surface area contributed by atoms with E-state index in [2.05, 4.69) is 36.7 Å². The van der Waals surface area contributed by atoms with E-state index in [1.807, 2.05) is 18.3 Å². The van der Waals surface area contributed by atoms with Crippen LogP contribution in [0.25, 0.3) is 0 Å². The van der Waals surface area contributed by atoms with Crippen molar-refractivity contribution in [2.45, 2.75) is 33.2 Å². The van der Waals surface area contributed by atoms with Crippen molar-refractivity contribution in [3.05, 3.63) is 30.1 Å². The summed E-state index contributed by atoms with van der Waals surface area (Å²) in [6.07, 6.45) is 2.91. The molecule has 0 unspecified atom stereocenters. The summed E-state index contributed by atoms with van der Waals surface area (Å²) in [6, 6.07) is 6.73. The Labute approximate surface area is 87.0 Å². The Hall–Kier alpha value is -0.890. The largest absolute Gasteiger partial charge is 0.301 e. The minimum Gasteiger partial charge on any atom is -0.301 e. The van der Waals surface area contributed by atoms with E-state index in [-0.39, 0.29) is 0 Å². The summed E-state index contributed by atoms with van der Waals surface area (Å²) in [5.74, 6) is 0. The van der Waals surface area contributed by atoms with E-state index in [1.165, 1.54) is 5.69 Å². The van der Waals surface area contributed by atoms with Crippen molar-refractivity contribution in [3.8, 4) is 0 Å². The van der Waals surface area contributed by atoms with E-state index in [0.717, 1.165) is 19.5 Å². The molecule has 0 N–H and O–H groups in total. The van der Waals surface area contributed by atoms with Crippen LogP contribution < -0.4 is 0 Å². The lowest BCUT2D eigenvalue weighted by Gasteiger charge is -2.24. The zero-order chi connectivity index (χ0) is 10.4. The average molecular weight is 192 g/mol. The Morgan fingerprint density at radius 3 is 2.64 bits per heavy atom. The summed E-state index contributed by atoms with van der Waals surface area (Å²) in [5, 5.41) is 0. The van der Waals surface area contributed by atoms with E-state index in [0.29, 0.717) is 6.04 Å². The van der Waals surface area contributed by atoms with Crippen molar-refractivity contribution >= 4 is 0 Å². The van der Waals surface area contributed by atoms with Crippen LogP contribution in [0.4, 0.5) is 0 Å². The lowest BCUT2D eigenvalue weighted by molar-refractivity contribution is 0.236. The molecule has 0 saturated heterocycles. The molecular weight excluding hydrogens is 172 g/mol. The van der Waals surface area contributed by atoms with Gasteiger partial charge in [0.05, 0.1) is 0 Å². The van der Waals surface area contributed by atoms with E-state index in [1.54, 1.807) is 0 Å². The second-order valence-corrected chi connectivity index (χ2v) is 3.79. The fourth-order valence-electron chi connectivity index (χ4n) is 1.59. The first-order chi connectivity index (χ1) is 6.74. The van der Waals surface area contributed by atoms with Crippen molar-refractivity contribution in [2.24, 2.45) is 0 Å². The summed E-state index contributed by atoms with van der Waals surface area (Å²) < 4.78 is 0. The fraction of sp³-hybridized carbons (Fsp3) is 0.583. The van der Waals surface area contributed by atoms with Crippen LogP contribution in [-0.2, 0) is 6.42 Å². The van der Waals surface area contributed by atoms with Crippen LogP contribution in [0.2, 0.25) is 0 Å². The molecule has 2 nitrogen and oxygen atoms in total. The lowest BCUT2D eigenvalue weighted by atomic mass is 10.2. The predicted octanol–water partition coefficient (Wildman–Crippen LogP) is 2.35. The molecule has 2 heteroatoms. The summed E-state index contributed by atoms with van der Waals surface area (Å²) >= 11 is 0. The van der Waals surface area contributed by atoms with Gasteiger partial charge in [-0.25, -0.2) is 0 Å². The minimum absolute atomic E-state index is 0.628. The van der Waals surface area contributed by atoms with Crippen LogP contribution in [0.5, 0.6) is 0 Å². The topological polar surface area (TPSA) is 16.1 Å². The Morgan fingerprint density at radius 1 is 1.36 bits per heavy atom. The molecule has 0 fully saturated rings. The van der Waals surface area contributed by atoms with Gasteiger partial charge >= 0.3 is 0 Å². The molecule has 0 aliphatic heterocycles. The van der Waals surface area contributed by atoms with Gasteiger partial charge in [-0.3, -0.25) is 4.98 Å². The minimum atomic E-state index is 0.628. The number of nitrogens with zero attached hydrogens (tertiary/aromatic N) is 2. The third-order valence-corrected chi connectivity index (χ3v) is 2.52. The van der Waals surface area contributed by atoms with Gasteiger partial charge in [0.25, 0.3) is 0 Å². The van der Waals surface area contributed by atoms with Crippen molar-refractivity contribution in [2.75, 3.05) is 13.1 Å². The highest BCUT2D eigenvalue weighted by atomic mass is 15.1. The standard InChI is InChI=1S/C12H20N2/c1-4-14(11(2)3)10-8-12-7-5-6-9-13-12/h5-7,9,11H,4,8,10H2,1-3H3. The molecule has 0 radical (unpaired) electrons. The first kappa shape index (κ1) is 11.2. The van der Waals surface area contributed by atoms with E-state index >= 15 is 0 Å². The molecule has 0 atom stereocenters. The molecule has 1 aromatic heterocycles. The SMILES string of the molecule is CCN(CCc1ccccn1)C(C)C. The molecule has 0 bridgehead atoms. The van der Waals surface area contributed by atoms with Gasteiger partial charge in [-0.2, -0.15) is 0 Å². The van der Waals surface area contributed by atoms with Gasteiger partial charge < -0.3 is 4.90 Å². The first-order valence-electron chi connectivity index (χ1n) is 5.38. The Kier molecular flexibility index (Phi) is 4.60. The summed E-state index contributed by atoms with van der Waals surface area (Å²) in [6.45, 7) is 8.90. The van der Waals surface area contributed by atoms with Gasteiger partial charge in [-0.05, 0) is 32.5 Å². The second-order valence-electron chi connectivity index (χ2n) is 3.79. The molecular formula is C12H20N2. The highest BCUT2D eigenvalue weighted by Gasteiger charge is 2.06. The summed E-state index contributed by atoms with van der Waals surface area (Å²) in [4.78, 5) is 6.77. The zero-order valence-corrected chi connectivity index (χ0v) is 9.40. The van der Waals surface area contributed by atoms with E-state index in [9.17, 15) is 0 Å². The Balaban J connectivity index is 2.40. The smallest absolute Gasteiger partial charge is 0.0416 e. The van der Waals surface area contributed by atoms with Crippen molar-refractivity contribution < 1.29 is 0 Å². The first-order valence-corrected chi connectivity index (χ1v) is 5.38. The molecule has 0 saturated carbocycles. The molecule has 0 aliphatic rings. The van der Waals surface area contributed by atoms with Gasteiger partial charge in [0.2, 0.25) is 0 Å². The normalized spacial score (nSPS) is 11.2. The van der Waals surface area contributed by atoms with Crippen LogP contribution in [0.3, 0.4) is 0 Å². The second kappa shape index (κ2) is 5.76. The fourth-order valence-corrected chi connectivity index (χ4v) is 1.59. The van der Waals surface area contributed by atoms with E-state index in [4.69, 9.17) is 0 Å². The summed E-state index contributed by atoms with van der Waals surface area (Å²) in [5.41, 5.74) is 1.19. The van der Waals surface area contributed by atoms with Gasteiger partial charge in [0.1, 0.15) is 0 Å². The predicted molar refractivity (Wildman–Crippen MR) is 60.3 cm³/mol. The van der Waals surface area contributed by atoms with Crippen LogP contribution >= 0.6 is 0 Å². The van der Waals surface area contributed by atoms with Crippen LogP contribution in [0.1, 0.15) is 26.5 Å². The molecule has 1 rings (SSSR count). The third-order valence-electron chi connectivity index (χ3n) is 2.52. The zero-order valence-electron chi connectivity index (χ0n) is 9.40. The van der Waals surface area contributed by atoms with Gasteiger partial charge in [0, 0.05) is 30.9 Å². The molecule has 14 heavy (non-hydrogen) atoms. The van der Waals surface area contributed by atoms with Crippen LogP contribution in [0, 0.1) is 0 Å². The summed E-state index contributed by atoms with van der Waals surface area (Å²) in [7, 11) is 0. The number of rotatable bonds is 5. The Bertz CT molecular complexity index is 244. The molecule has 1 heterocycles. The average Bonchev–Trinajstić information content (AvgIpc) is 2.20. The number of pyridine rings is 1. The third kappa shape index (κ3) is 3.46. The highest BCUT2D eigenvalue weighted by Crippen LogP contribution is 2.01. The van der Waals surface area contributed by atoms with Crippen molar-refractivity contribution in [1.82, 2.24) is 9.88 Å².